The highest BCUT2D eigenvalue weighted by atomic mass is 32.2. The number of thiophene rings is 1. The topological polar surface area (TPSA) is 84.3 Å². The molecule has 0 atom stereocenters. The Morgan fingerprint density at radius 2 is 2.04 bits per heavy atom. The van der Waals surface area contributed by atoms with Crippen LogP contribution >= 0.6 is 11.3 Å². The van der Waals surface area contributed by atoms with Gasteiger partial charge in [-0.15, -0.1) is 11.3 Å². The number of benzene rings is 1. The van der Waals surface area contributed by atoms with Gasteiger partial charge in [0.2, 0.25) is 10.9 Å². The summed E-state index contributed by atoms with van der Waals surface area (Å²) >= 11 is 1.38. The predicted molar refractivity (Wildman–Crippen MR) is 107 cm³/mol. The standard InChI is InChI=1S/C18H20N4O3S2/c1-12-4-6-15(18(23)19-9-14-10-20-21(3)11-14)8-16(12)22(27(24)25)17-7-5-13(2)26-17/h4-8,10-11,27H,9H2,1-3H3,(H,19,23). The van der Waals surface area contributed by atoms with Crippen molar-refractivity contribution in [3.63, 3.8) is 0 Å². The number of aryl methyl sites for hydroxylation is 3. The summed E-state index contributed by atoms with van der Waals surface area (Å²) in [7, 11) is -1.08. The van der Waals surface area contributed by atoms with Crippen LogP contribution in [0, 0.1) is 13.8 Å². The first kappa shape index (κ1) is 19.1. The van der Waals surface area contributed by atoms with Crippen LogP contribution in [-0.4, -0.2) is 24.1 Å². The third kappa shape index (κ3) is 4.37. The van der Waals surface area contributed by atoms with Crippen molar-refractivity contribution in [2.75, 3.05) is 4.31 Å². The van der Waals surface area contributed by atoms with Gasteiger partial charge in [0, 0.05) is 35.8 Å². The first-order valence-electron chi connectivity index (χ1n) is 8.22. The third-order valence-corrected chi connectivity index (χ3v) is 5.89. The fourth-order valence-electron chi connectivity index (χ4n) is 2.65. The molecule has 27 heavy (non-hydrogen) atoms. The first-order chi connectivity index (χ1) is 12.8. The summed E-state index contributed by atoms with van der Waals surface area (Å²) in [6, 6.07) is 8.67. The molecule has 1 N–H and O–H groups in total. The van der Waals surface area contributed by atoms with E-state index < -0.39 is 10.9 Å². The number of aromatic nitrogens is 2. The van der Waals surface area contributed by atoms with Crippen LogP contribution in [0.3, 0.4) is 0 Å². The highest BCUT2D eigenvalue weighted by molar-refractivity contribution is 7.74. The SMILES string of the molecule is Cc1ccc(N(c2cc(C(=O)NCc3cnn(C)c3)ccc2C)[SH](=O)=O)s1. The largest absolute Gasteiger partial charge is 0.348 e. The lowest BCUT2D eigenvalue weighted by atomic mass is 10.1. The van der Waals surface area contributed by atoms with Crippen molar-refractivity contribution in [3.8, 4) is 0 Å². The zero-order valence-electron chi connectivity index (χ0n) is 15.2. The van der Waals surface area contributed by atoms with Gasteiger partial charge in [0.05, 0.1) is 11.9 Å². The second kappa shape index (κ2) is 7.93. The number of anilines is 2. The maximum Gasteiger partial charge on any atom is 0.251 e. The van der Waals surface area contributed by atoms with Gasteiger partial charge < -0.3 is 5.32 Å². The summed E-state index contributed by atoms with van der Waals surface area (Å²) in [6.45, 7) is 4.08. The molecule has 2 heterocycles. The van der Waals surface area contributed by atoms with E-state index in [1.807, 2.05) is 33.2 Å². The van der Waals surface area contributed by atoms with Crippen molar-refractivity contribution in [3.05, 3.63) is 64.3 Å². The van der Waals surface area contributed by atoms with E-state index in [0.29, 0.717) is 22.8 Å². The van der Waals surface area contributed by atoms with E-state index in [2.05, 4.69) is 10.4 Å². The van der Waals surface area contributed by atoms with Crippen molar-refractivity contribution in [1.82, 2.24) is 15.1 Å². The summed E-state index contributed by atoms with van der Waals surface area (Å²) in [4.78, 5) is 13.5. The zero-order valence-corrected chi connectivity index (χ0v) is 16.9. The van der Waals surface area contributed by atoms with Crippen molar-refractivity contribution >= 4 is 38.8 Å². The number of thiol groups is 1. The van der Waals surface area contributed by atoms with E-state index in [1.54, 1.807) is 35.1 Å². The number of nitrogens with one attached hydrogen (secondary N) is 1. The summed E-state index contributed by atoms with van der Waals surface area (Å²) < 4.78 is 26.7. The Balaban J connectivity index is 1.87. The quantitative estimate of drug-likeness (QED) is 0.619. The van der Waals surface area contributed by atoms with Gasteiger partial charge in [0.1, 0.15) is 5.00 Å². The number of hydrogen-bond donors (Lipinski definition) is 2. The van der Waals surface area contributed by atoms with E-state index >= 15 is 0 Å². The fourth-order valence-corrected chi connectivity index (χ4v) is 4.38. The van der Waals surface area contributed by atoms with Gasteiger partial charge in [-0.05, 0) is 43.7 Å². The molecule has 142 valence electrons. The number of carbonyl (C=O) groups is 1. The molecule has 0 saturated carbocycles. The molecule has 1 aromatic carbocycles. The number of hydrogen-bond acceptors (Lipinski definition) is 5. The molecule has 0 spiro atoms. The maximum atomic E-state index is 12.5. The van der Waals surface area contributed by atoms with Crippen LogP contribution in [0.1, 0.15) is 26.4 Å². The minimum absolute atomic E-state index is 0.275. The highest BCUT2D eigenvalue weighted by Crippen LogP contribution is 2.34. The monoisotopic (exact) mass is 404 g/mol. The molecular formula is C18H20N4O3S2. The molecule has 2 aromatic heterocycles. The highest BCUT2D eigenvalue weighted by Gasteiger charge is 2.18. The predicted octanol–water partition coefficient (Wildman–Crippen LogP) is 2.69. The van der Waals surface area contributed by atoms with Crippen LogP contribution in [0.2, 0.25) is 0 Å². The lowest BCUT2D eigenvalue weighted by Crippen LogP contribution is -2.23. The van der Waals surface area contributed by atoms with Crippen LogP contribution in [-0.2, 0) is 24.5 Å². The van der Waals surface area contributed by atoms with Crippen LogP contribution in [0.4, 0.5) is 10.7 Å². The van der Waals surface area contributed by atoms with Crippen LogP contribution < -0.4 is 9.62 Å². The minimum atomic E-state index is -2.89. The molecule has 0 unspecified atom stereocenters. The van der Waals surface area contributed by atoms with Crippen molar-refractivity contribution < 1.29 is 13.2 Å². The van der Waals surface area contributed by atoms with Gasteiger partial charge in [0.25, 0.3) is 5.91 Å². The molecule has 0 aliphatic heterocycles. The molecule has 3 rings (SSSR count). The van der Waals surface area contributed by atoms with Gasteiger partial charge in [0.15, 0.2) is 0 Å². The number of nitrogens with zero attached hydrogens (tertiary/aromatic N) is 3. The lowest BCUT2D eigenvalue weighted by molar-refractivity contribution is 0.0951. The van der Waals surface area contributed by atoms with Crippen molar-refractivity contribution in [2.24, 2.45) is 7.05 Å². The van der Waals surface area contributed by atoms with Gasteiger partial charge >= 0.3 is 0 Å². The smallest absolute Gasteiger partial charge is 0.251 e. The summed E-state index contributed by atoms with van der Waals surface area (Å²) in [6.07, 6.45) is 3.51. The summed E-state index contributed by atoms with van der Waals surface area (Å²) in [5.74, 6) is -0.275. The number of amides is 1. The van der Waals surface area contributed by atoms with Crippen molar-refractivity contribution in [2.45, 2.75) is 20.4 Å². The van der Waals surface area contributed by atoms with E-state index in [4.69, 9.17) is 0 Å². The second-order valence-corrected chi connectivity index (χ2v) is 8.28. The average molecular weight is 405 g/mol. The maximum absolute atomic E-state index is 12.5. The molecule has 0 saturated heterocycles. The molecule has 0 fully saturated rings. The van der Waals surface area contributed by atoms with Crippen molar-refractivity contribution in [1.29, 1.82) is 0 Å². The summed E-state index contributed by atoms with van der Waals surface area (Å²) in [5.41, 5.74) is 2.53. The normalized spacial score (nSPS) is 11.0. The Labute approximate surface area is 163 Å². The molecule has 0 radical (unpaired) electrons. The second-order valence-electron chi connectivity index (χ2n) is 6.14. The van der Waals surface area contributed by atoms with Gasteiger partial charge in [-0.2, -0.15) is 5.10 Å². The molecule has 7 nitrogen and oxygen atoms in total. The minimum Gasteiger partial charge on any atom is -0.348 e. The number of rotatable bonds is 6. The summed E-state index contributed by atoms with van der Waals surface area (Å²) in [5, 5.41) is 7.49. The zero-order chi connectivity index (χ0) is 19.6. The van der Waals surface area contributed by atoms with Crippen LogP contribution in [0.5, 0.6) is 0 Å². The molecule has 0 aliphatic rings. The first-order valence-corrected chi connectivity index (χ1v) is 10.2. The third-order valence-electron chi connectivity index (χ3n) is 4.01. The molecule has 1 amide bonds. The molecule has 0 aliphatic carbocycles. The molecule has 3 aromatic rings. The average Bonchev–Trinajstić information content (AvgIpc) is 3.22. The van der Waals surface area contributed by atoms with E-state index in [-0.39, 0.29) is 5.91 Å². The fraction of sp³-hybridized carbons (Fsp3) is 0.222. The van der Waals surface area contributed by atoms with Crippen LogP contribution in [0.25, 0.3) is 0 Å². The van der Waals surface area contributed by atoms with Gasteiger partial charge in [-0.25, -0.2) is 12.7 Å². The Morgan fingerprint density at radius 1 is 1.26 bits per heavy atom. The number of carbonyl (C=O) groups excluding carboxylic acids is 1. The van der Waals surface area contributed by atoms with E-state index in [9.17, 15) is 13.2 Å². The molecule has 0 bridgehead atoms. The Kier molecular flexibility index (Phi) is 5.62. The molecule has 9 heteroatoms. The van der Waals surface area contributed by atoms with Crippen LogP contribution in [0.15, 0.2) is 42.7 Å². The lowest BCUT2D eigenvalue weighted by Gasteiger charge is -2.19. The Hall–Kier alpha value is -2.65. The van der Waals surface area contributed by atoms with E-state index in [0.717, 1.165) is 16.0 Å². The Morgan fingerprint density at radius 3 is 2.63 bits per heavy atom. The van der Waals surface area contributed by atoms with Gasteiger partial charge in [-0.3, -0.25) is 9.48 Å². The molecular weight excluding hydrogens is 384 g/mol. The van der Waals surface area contributed by atoms with E-state index in [1.165, 1.54) is 15.6 Å². The Bertz CT molecular complexity index is 1040. The van der Waals surface area contributed by atoms with Gasteiger partial charge in [-0.1, -0.05) is 6.07 Å².